The topological polar surface area (TPSA) is 128 Å². The highest BCUT2D eigenvalue weighted by Crippen LogP contribution is 2.39. The zero-order valence-electron chi connectivity index (χ0n) is 18.8. The Kier molecular flexibility index (Phi) is 5.98. The Bertz CT molecular complexity index is 1180. The van der Waals surface area contributed by atoms with Gasteiger partial charge in [-0.15, -0.1) is 0 Å². The van der Waals surface area contributed by atoms with E-state index in [2.05, 4.69) is 20.2 Å². The number of carbonyl (C=O) groups is 1. The molecule has 2 unspecified atom stereocenters. The summed E-state index contributed by atoms with van der Waals surface area (Å²) in [6.45, 7) is 0.216. The molecule has 2 fully saturated rings. The summed E-state index contributed by atoms with van der Waals surface area (Å²) in [5.41, 5.74) is 9.67. The predicted octanol–water partition coefficient (Wildman–Crippen LogP) is 2.90. The maximum atomic E-state index is 12.6. The molecule has 2 bridgehead atoms. The highest BCUT2D eigenvalue weighted by atomic mass is 16.3. The van der Waals surface area contributed by atoms with Gasteiger partial charge in [0.25, 0.3) is 5.91 Å². The number of aliphatic hydroxyl groups is 1. The molecule has 2 aliphatic heterocycles. The number of benzene rings is 2. The summed E-state index contributed by atoms with van der Waals surface area (Å²) in [7, 11) is 0. The molecular weight excluding hydrogens is 428 g/mol. The summed E-state index contributed by atoms with van der Waals surface area (Å²) in [5, 5.41) is 21.6. The second-order valence-electron chi connectivity index (χ2n) is 8.99. The van der Waals surface area contributed by atoms with Gasteiger partial charge in [-0.1, -0.05) is 12.1 Å². The van der Waals surface area contributed by atoms with Crippen molar-refractivity contribution in [3.8, 4) is 0 Å². The van der Waals surface area contributed by atoms with Crippen LogP contribution >= 0.6 is 0 Å². The number of piperidine rings is 1. The summed E-state index contributed by atoms with van der Waals surface area (Å²) in [5.74, 6) is 0.246. The Morgan fingerprint density at radius 2 is 1.71 bits per heavy atom. The van der Waals surface area contributed by atoms with Crippen molar-refractivity contribution in [3.63, 3.8) is 0 Å². The molecule has 8 heteroatoms. The number of fused-ring (bicyclic) bond motifs is 2. The maximum absolute atomic E-state index is 12.6. The van der Waals surface area contributed by atoms with Gasteiger partial charge >= 0.3 is 0 Å². The molecule has 174 valence electrons. The van der Waals surface area contributed by atoms with Crippen molar-refractivity contribution in [1.82, 2.24) is 15.3 Å². The van der Waals surface area contributed by atoms with Crippen molar-refractivity contribution in [1.29, 1.82) is 5.41 Å². The number of aromatic nitrogens is 2. The average Bonchev–Trinajstić information content (AvgIpc) is 3.13. The molecule has 0 radical (unpaired) electrons. The number of nitrogens with zero attached hydrogens (tertiary/aromatic N) is 3. The second kappa shape index (κ2) is 9.23. The van der Waals surface area contributed by atoms with Crippen molar-refractivity contribution in [2.45, 2.75) is 50.4 Å². The molecule has 2 saturated heterocycles. The Morgan fingerprint density at radius 1 is 1.06 bits per heavy atom. The minimum Gasteiger partial charge on any atom is -0.398 e. The van der Waals surface area contributed by atoms with E-state index in [0.29, 0.717) is 34.7 Å². The first-order valence-electron chi connectivity index (χ1n) is 11.6. The fourth-order valence-electron chi connectivity index (χ4n) is 5.12. The first-order valence-corrected chi connectivity index (χ1v) is 11.6. The number of rotatable bonds is 6. The van der Waals surface area contributed by atoms with Gasteiger partial charge in [-0.3, -0.25) is 10.2 Å². The van der Waals surface area contributed by atoms with E-state index in [1.807, 2.05) is 24.3 Å². The molecule has 0 aliphatic carbocycles. The molecule has 0 saturated carbocycles. The zero-order valence-corrected chi connectivity index (χ0v) is 18.8. The van der Waals surface area contributed by atoms with Crippen LogP contribution in [0.5, 0.6) is 0 Å². The van der Waals surface area contributed by atoms with E-state index in [9.17, 15) is 9.90 Å². The molecule has 1 aromatic heterocycles. The Balaban J connectivity index is 1.31. The van der Waals surface area contributed by atoms with E-state index in [-0.39, 0.29) is 24.3 Å². The smallest absolute Gasteiger partial charge is 0.251 e. The van der Waals surface area contributed by atoms with Gasteiger partial charge in [0, 0.05) is 52.5 Å². The number of carbonyl (C=O) groups excluding carboxylic acids is 1. The van der Waals surface area contributed by atoms with Gasteiger partial charge in [-0.05, 0) is 62.1 Å². The Labute approximate surface area is 198 Å². The van der Waals surface area contributed by atoms with Crippen molar-refractivity contribution >= 4 is 23.0 Å². The van der Waals surface area contributed by atoms with Crippen molar-refractivity contribution < 1.29 is 9.90 Å². The van der Waals surface area contributed by atoms with Crippen molar-refractivity contribution in [2.24, 2.45) is 0 Å². The summed E-state index contributed by atoms with van der Waals surface area (Å²) in [6.07, 6.45) is 6.91. The minimum atomic E-state index is -0.278. The van der Waals surface area contributed by atoms with E-state index in [4.69, 9.17) is 11.1 Å². The third-order valence-corrected chi connectivity index (χ3v) is 6.77. The molecular formula is C26H28N6O2. The maximum Gasteiger partial charge on any atom is 0.251 e. The van der Waals surface area contributed by atoms with E-state index < -0.39 is 0 Å². The van der Waals surface area contributed by atoms with E-state index in [1.54, 1.807) is 36.7 Å². The molecule has 2 aromatic carbocycles. The zero-order chi connectivity index (χ0) is 23.7. The lowest BCUT2D eigenvalue weighted by atomic mass is 9.96. The first kappa shape index (κ1) is 22.0. The van der Waals surface area contributed by atoms with E-state index in [0.717, 1.165) is 36.9 Å². The van der Waals surface area contributed by atoms with Gasteiger partial charge in [0.2, 0.25) is 0 Å². The summed E-state index contributed by atoms with van der Waals surface area (Å²) in [6, 6.07) is 15.4. The van der Waals surface area contributed by atoms with Gasteiger partial charge < -0.3 is 21.1 Å². The molecule has 3 heterocycles. The van der Waals surface area contributed by atoms with Gasteiger partial charge in [0.15, 0.2) is 0 Å². The van der Waals surface area contributed by atoms with Gasteiger partial charge in [0.1, 0.15) is 5.82 Å². The number of nitrogen functional groups attached to an aromatic ring is 1. The quantitative estimate of drug-likeness (QED) is 0.334. The number of nitrogens with one attached hydrogen (secondary N) is 2. The number of hydrogen-bond donors (Lipinski definition) is 4. The van der Waals surface area contributed by atoms with Crippen molar-refractivity contribution in [3.05, 3.63) is 83.4 Å². The SMILES string of the molecule is N=C(c1ccc(N2C3CCC2CC(O)C3)cc1)c1cc(C(=O)NCc2ncccn2)ccc1N. The number of aliphatic hydroxyl groups excluding tert-OH is 1. The third kappa shape index (κ3) is 4.36. The second-order valence-corrected chi connectivity index (χ2v) is 8.99. The van der Waals surface area contributed by atoms with E-state index in [1.165, 1.54) is 0 Å². The largest absolute Gasteiger partial charge is 0.398 e. The Morgan fingerprint density at radius 3 is 2.38 bits per heavy atom. The van der Waals surface area contributed by atoms with Crippen LogP contribution in [-0.4, -0.2) is 44.9 Å². The molecule has 5 N–H and O–H groups in total. The lowest BCUT2D eigenvalue weighted by Crippen LogP contribution is -2.44. The van der Waals surface area contributed by atoms with Crippen LogP contribution in [0.4, 0.5) is 11.4 Å². The molecule has 0 spiro atoms. The molecule has 1 amide bonds. The molecule has 3 aromatic rings. The summed E-state index contributed by atoms with van der Waals surface area (Å²) < 4.78 is 0. The molecule has 2 aliphatic rings. The van der Waals surface area contributed by atoms with Crippen LogP contribution in [0.25, 0.3) is 0 Å². The average molecular weight is 457 g/mol. The lowest BCUT2D eigenvalue weighted by molar-refractivity contribution is 0.0949. The van der Waals surface area contributed by atoms with Crippen LogP contribution in [0.15, 0.2) is 60.9 Å². The molecule has 34 heavy (non-hydrogen) atoms. The van der Waals surface area contributed by atoms with Crippen LogP contribution in [0.2, 0.25) is 0 Å². The van der Waals surface area contributed by atoms with Crippen molar-refractivity contribution in [2.75, 3.05) is 10.6 Å². The molecule has 5 rings (SSSR count). The monoisotopic (exact) mass is 456 g/mol. The first-order chi connectivity index (χ1) is 16.5. The fourth-order valence-corrected chi connectivity index (χ4v) is 5.12. The van der Waals surface area contributed by atoms with Crippen LogP contribution in [0.1, 0.15) is 53.0 Å². The highest BCUT2D eigenvalue weighted by Gasteiger charge is 2.40. The highest BCUT2D eigenvalue weighted by molar-refractivity contribution is 6.15. The molecule has 2 atom stereocenters. The normalized spacial score (nSPS) is 21.3. The minimum absolute atomic E-state index is 0.200. The van der Waals surface area contributed by atoms with Crippen LogP contribution in [0.3, 0.4) is 0 Å². The fraction of sp³-hybridized carbons (Fsp3) is 0.308. The summed E-state index contributed by atoms with van der Waals surface area (Å²) >= 11 is 0. The van der Waals surface area contributed by atoms with Crippen LogP contribution in [-0.2, 0) is 6.54 Å². The van der Waals surface area contributed by atoms with Crippen LogP contribution < -0.4 is 16.0 Å². The van der Waals surface area contributed by atoms with Gasteiger partial charge in [0.05, 0.1) is 18.4 Å². The van der Waals surface area contributed by atoms with Gasteiger partial charge in [-0.2, -0.15) is 0 Å². The number of nitrogens with two attached hydrogens (primary N) is 1. The Hall–Kier alpha value is -3.78. The van der Waals surface area contributed by atoms with Gasteiger partial charge in [-0.25, -0.2) is 9.97 Å². The standard InChI is InChI=1S/C26H28N6O2/c27-23-9-4-17(26(34)31-15-24-29-10-1-11-30-24)12-22(23)25(28)16-2-5-18(6-3-16)32-19-7-8-20(32)14-21(33)13-19/h1-6,9-12,19-21,28,33H,7-8,13-15,27H2,(H,31,34). The van der Waals surface area contributed by atoms with Crippen LogP contribution in [0, 0.1) is 5.41 Å². The predicted molar refractivity (Wildman–Crippen MR) is 131 cm³/mol. The summed E-state index contributed by atoms with van der Waals surface area (Å²) in [4.78, 5) is 23.3. The van der Waals surface area contributed by atoms with E-state index >= 15 is 0 Å². The number of amides is 1. The third-order valence-electron chi connectivity index (χ3n) is 6.77. The number of hydrogen-bond acceptors (Lipinski definition) is 7. The molecule has 8 nitrogen and oxygen atoms in total. The number of anilines is 2. The lowest BCUT2D eigenvalue weighted by Gasteiger charge is -2.39.